The first-order valence-corrected chi connectivity index (χ1v) is 6.84. The van der Waals surface area contributed by atoms with Crippen LogP contribution in [0.4, 0.5) is 0 Å². The van der Waals surface area contributed by atoms with Crippen LogP contribution in [0, 0.1) is 13.8 Å². The maximum Gasteiger partial charge on any atom is 0.337 e. The molecule has 0 radical (unpaired) electrons. The van der Waals surface area contributed by atoms with Crippen molar-refractivity contribution in [1.82, 2.24) is 4.57 Å². The molecule has 1 fully saturated rings. The average molecular weight is 263 g/mol. The van der Waals surface area contributed by atoms with Crippen LogP contribution in [-0.4, -0.2) is 15.6 Å². The standard InChI is InChI=1S/C15H21NO3/c1-10-9-12(17)16(11(2)13(10)14(18)19)15(3)7-5-4-6-8-15/h9H,4-8H2,1-3H3,(H,18,19). The molecule has 0 atom stereocenters. The lowest BCUT2D eigenvalue weighted by Crippen LogP contribution is -2.42. The van der Waals surface area contributed by atoms with Crippen LogP contribution in [-0.2, 0) is 5.54 Å². The van der Waals surface area contributed by atoms with Gasteiger partial charge in [-0.15, -0.1) is 0 Å². The van der Waals surface area contributed by atoms with E-state index in [-0.39, 0.29) is 16.7 Å². The molecule has 0 saturated heterocycles. The highest BCUT2D eigenvalue weighted by molar-refractivity contribution is 5.90. The Morgan fingerprint density at radius 3 is 2.37 bits per heavy atom. The van der Waals surface area contributed by atoms with Crippen LogP contribution in [0.25, 0.3) is 0 Å². The maximum absolute atomic E-state index is 12.3. The molecule has 1 N–H and O–H groups in total. The fourth-order valence-electron chi connectivity index (χ4n) is 3.42. The minimum atomic E-state index is -0.955. The predicted molar refractivity (Wildman–Crippen MR) is 73.9 cm³/mol. The number of rotatable bonds is 2. The number of carbonyl (C=O) groups is 1. The van der Waals surface area contributed by atoms with Gasteiger partial charge >= 0.3 is 5.97 Å². The van der Waals surface area contributed by atoms with Crippen molar-refractivity contribution in [2.75, 3.05) is 0 Å². The maximum atomic E-state index is 12.3. The van der Waals surface area contributed by atoms with Crippen molar-refractivity contribution in [2.45, 2.75) is 58.4 Å². The zero-order valence-electron chi connectivity index (χ0n) is 11.8. The number of aromatic carboxylic acids is 1. The Kier molecular flexibility index (Phi) is 3.52. The Labute approximate surface area is 113 Å². The van der Waals surface area contributed by atoms with Crippen molar-refractivity contribution >= 4 is 5.97 Å². The molecule has 1 aromatic heterocycles. The van der Waals surface area contributed by atoms with Gasteiger partial charge in [0.2, 0.25) is 0 Å². The highest BCUT2D eigenvalue weighted by Crippen LogP contribution is 2.34. The summed E-state index contributed by atoms with van der Waals surface area (Å²) in [6, 6.07) is 1.45. The van der Waals surface area contributed by atoms with Gasteiger partial charge in [-0.3, -0.25) is 4.79 Å². The summed E-state index contributed by atoms with van der Waals surface area (Å²) >= 11 is 0. The van der Waals surface area contributed by atoms with Gasteiger partial charge in [0.1, 0.15) is 0 Å². The van der Waals surface area contributed by atoms with Gasteiger partial charge in [0.15, 0.2) is 0 Å². The van der Waals surface area contributed by atoms with Gasteiger partial charge in [-0.25, -0.2) is 4.79 Å². The molecule has 1 saturated carbocycles. The van der Waals surface area contributed by atoms with Gasteiger partial charge in [0.05, 0.1) is 5.56 Å². The number of aryl methyl sites for hydroxylation is 1. The van der Waals surface area contributed by atoms with E-state index in [0.29, 0.717) is 11.3 Å². The largest absolute Gasteiger partial charge is 0.478 e. The van der Waals surface area contributed by atoms with E-state index in [2.05, 4.69) is 6.92 Å². The lowest BCUT2D eigenvalue weighted by molar-refractivity contribution is 0.0692. The van der Waals surface area contributed by atoms with Gasteiger partial charge < -0.3 is 9.67 Å². The van der Waals surface area contributed by atoms with Crippen LogP contribution in [0.2, 0.25) is 0 Å². The van der Waals surface area contributed by atoms with E-state index in [9.17, 15) is 14.7 Å². The van der Waals surface area contributed by atoms with Gasteiger partial charge in [0.25, 0.3) is 5.56 Å². The number of aromatic nitrogens is 1. The van der Waals surface area contributed by atoms with Crippen molar-refractivity contribution in [3.05, 3.63) is 33.2 Å². The van der Waals surface area contributed by atoms with Crippen LogP contribution in [0.15, 0.2) is 10.9 Å². The van der Waals surface area contributed by atoms with Crippen LogP contribution in [0.3, 0.4) is 0 Å². The third-order valence-electron chi connectivity index (χ3n) is 4.34. The van der Waals surface area contributed by atoms with E-state index < -0.39 is 5.97 Å². The molecule has 0 spiro atoms. The topological polar surface area (TPSA) is 59.3 Å². The summed E-state index contributed by atoms with van der Waals surface area (Å²) in [5.74, 6) is -0.955. The monoisotopic (exact) mass is 263 g/mol. The van der Waals surface area contributed by atoms with E-state index >= 15 is 0 Å². The molecule has 19 heavy (non-hydrogen) atoms. The molecular formula is C15H21NO3. The summed E-state index contributed by atoms with van der Waals surface area (Å²) in [4.78, 5) is 23.7. The quantitative estimate of drug-likeness (QED) is 0.892. The van der Waals surface area contributed by atoms with Crippen LogP contribution >= 0.6 is 0 Å². The molecule has 4 nitrogen and oxygen atoms in total. The van der Waals surface area contributed by atoms with Crippen LogP contribution < -0.4 is 5.56 Å². The number of nitrogens with zero attached hydrogens (tertiary/aromatic N) is 1. The van der Waals surface area contributed by atoms with Crippen molar-refractivity contribution in [3.63, 3.8) is 0 Å². The van der Waals surface area contributed by atoms with Gasteiger partial charge in [0, 0.05) is 17.3 Å². The molecule has 104 valence electrons. The number of carboxylic acids is 1. The molecule has 0 aromatic carbocycles. The Balaban J connectivity index is 2.66. The SMILES string of the molecule is Cc1cc(=O)n(C2(C)CCCCC2)c(C)c1C(=O)O. The minimum absolute atomic E-state index is 0.0793. The van der Waals surface area contributed by atoms with E-state index in [4.69, 9.17) is 0 Å². The Morgan fingerprint density at radius 2 is 1.84 bits per heavy atom. The summed E-state index contributed by atoms with van der Waals surface area (Å²) in [5.41, 5.74) is 1.08. The molecule has 1 aliphatic carbocycles. The minimum Gasteiger partial charge on any atom is -0.478 e. The molecular weight excluding hydrogens is 242 g/mol. The zero-order chi connectivity index (χ0) is 14.2. The third kappa shape index (κ3) is 2.31. The molecule has 0 aliphatic heterocycles. The first-order valence-electron chi connectivity index (χ1n) is 6.84. The molecule has 1 aromatic rings. The summed E-state index contributed by atoms with van der Waals surface area (Å²) in [6.07, 6.45) is 5.27. The normalized spacial score (nSPS) is 18.3. The van der Waals surface area contributed by atoms with Crippen LogP contribution in [0.1, 0.15) is 60.6 Å². The Morgan fingerprint density at radius 1 is 1.26 bits per heavy atom. The summed E-state index contributed by atoms with van der Waals surface area (Å²) in [7, 11) is 0. The predicted octanol–water partition coefficient (Wildman–Crippen LogP) is 2.84. The smallest absolute Gasteiger partial charge is 0.337 e. The first-order chi connectivity index (χ1) is 8.87. The number of carboxylic acid groups (broad SMARTS) is 1. The van der Waals surface area contributed by atoms with Crippen molar-refractivity contribution < 1.29 is 9.90 Å². The summed E-state index contributed by atoms with van der Waals surface area (Å²) in [5, 5.41) is 9.33. The van der Waals surface area contributed by atoms with E-state index in [1.165, 1.54) is 12.5 Å². The molecule has 0 amide bonds. The lowest BCUT2D eigenvalue weighted by Gasteiger charge is -2.37. The highest BCUT2D eigenvalue weighted by atomic mass is 16.4. The van der Waals surface area contributed by atoms with E-state index in [1.807, 2.05) is 0 Å². The molecule has 1 aliphatic rings. The van der Waals surface area contributed by atoms with Gasteiger partial charge in [-0.1, -0.05) is 19.3 Å². The number of pyridine rings is 1. The van der Waals surface area contributed by atoms with Crippen molar-refractivity contribution in [2.24, 2.45) is 0 Å². The fraction of sp³-hybridized carbons (Fsp3) is 0.600. The fourth-order valence-corrected chi connectivity index (χ4v) is 3.42. The average Bonchev–Trinajstić information content (AvgIpc) is 2.27. The second-order valence-corrected chi connectivity index (χ2v) is 5.82. The summed E-state index contributed by atoms with van der Waals surface area (Å²) < 4.78 is 1.71. The van der Waals surface area contributed by atoms with Crippen LogP contribution in [0.5, 0.6) is 0 Å². The molecule has 0 bridgehead atoms. The third-order valence-corrected chi connectivity index (χ3v) is 4.34. The van der Waals surface area contributed by atoms with E-state index in [1.54, 1.807) is 18.4 Å². The molecule has 0 unspecified atom stereocenters. The Bertz CT molecular complexity index is 565. The second kappa shape index (κ2) is 4.83. The van der Waals surface area contributed by atoms with E-state index in [0.717, 1.165) is 25.7 Å². The number of hydrogen-bond donors (Lipinski definition) is 1. The molecule has 2 rings (SSSR count). The first kappa shape index (κ1) is 13.8. The number of hydrogen-bond acceptors (Lipinski definition) is 2. The molecule has 1 heterocycles. The Hall–Kier alpha value is -1.58. The highest BCUT2D eigenvalue weighted by Gasteiger charge is 2.32. The lowest BCUT2D eigenvalue weighted by atomic mass is 9.82. The summed E-state index contributed by atoms with van der Waals surface area (Å²) in [6.45, 7) is 5.50. The van der Waals surface area contributed by atoms with Gasteiger partial charge in [-0.05, 0) is 39.2 Å². The van der Waals surface area contributed by atoms with Gasteiger partial charge in [-0.2, -0.15) is 0 Å². The van der Waals surface area contributed by atoms with Crippen molar-refractivity contribution in [3.8, 4) is 0 Å². The second-order valence-electron chi connectivity index (χ2n) is 5.82. The van der Waals surface area contributed by atoms with Crippen molar-refractivity contribution in [1.29, 1.82) is 0 Å². The molecule has 4 heteroatoms. The zero-order valence-corrected chi connectivity index (χ0v) is 11.8.